The van der Waals surface area contributed by atoms with Crippen molar-refractivity contribution in [3.63, 3.8) is 0 Å². The van der Waals surface area contributed by atoms with E-state index in [9.17, 15) is 18.8 Å². The third-order valence-corrected chi connectivity index (χ3v) is 5.60. The van der Waals surface area contributed by atoms with Crippen LogP contribution in [0.25, 0.3) is 10.8 Å². The first kappa shape index (κ1) is 26.0. The Morgan fingerprint density at radius 1 is 1.11 bits per heavy atom. The van der Waals surface area contributed by atoms with E-state index in [2.05, 4.69) is 19.8 Å². The second-order valence-electron chi connectivity index (χ2n) is 9.46. The molecule has 186 valence electrons. The van der Waals surface area contributed by atoms with Gasteiger partial charge in [-0.05, 0) is 51.6 Å². The fourth-order valence-electron chi connectivity index (χ4n) is 3.67. The summed E-state index contributed by atoms with van der Waals surface area (Å²) in [5.74, 6) is -0.807. The molecule has 0 spiro atoms. The highest BCUT2D eigenvalue weighted by molar-refractivity contribution is 5.95. The highest BCUT2D eigenvalue weighted by atomic mass is 19.1. The van der Waals surface area contributed by atoms with Crippen LogP contribution in [0.4, 0.5) is 4.39 Å². The van der Waals surface area contributed by atoms with E-state index < -0.39 is 5.82 Å². The van der Waals surface area contributed by atoms with Gasteiger partial charge in [-0.2, -0.15) is 5.10 Å². The Hall–Kier alpha value is -3.59. The summed E-state index contributed by atoms with van der Waals surface area (Å²) >= 11 is 0. The number of benzene rings is 2. The Kier molecular flexibility index (Phi) is 8.34. The van der Waals surface area contributed by atoms with Gasteiger partial charge in [0.15, 0.2) is 0 Å². The van der Waals surface area contributed by atoms with Gasteiger partial charge in [0.2, 0.25) is 0 Å². The third kappa shape index (κ3) is 6.95. The van der Waals surface area contributed by atoms with Crippen molar-refractivity contribution in [1.29, 1.82) is 0 Å². The van der Waals surface area contributed by atoms with Crippen molar-refractivity contribution in [2.24, 2.45) is 0 Å². The largest absolute Gasteiger partial charge is 0.462 e. The average molecular weight is 483 g/mol. The maximum absolute atomic E-state index is 14.4. The number of ether oxygens (including phenoxy) is 1. The van der Waals surface area contributed by atoms with E-state index in [1.807, 2.05) is 40.0 Å². The van der Waals surface area contributed by atoms with E-state index >= 15 is 0 Å². The van der Waals surface area contributed by atoms with Crippen molar-refractivity contribution in [1.82, 2.24) is 20.0 Å². The molecule has 1 aromatic heterocycles. The molecule has 8 nitrogen and oxygen atoms in total. The molecule has 0 unspecified atom stereocenters. The van der Waals surface area contributed by atoms with E-state index in [1.165, 1.54) is 6.07 Å². The zero-order valence-corrected chi connectivity index (χ0v) is 20.5. The summed E-state index contributed by atoms with van der Waals surface area (Å²) in [6.07, 6.45) is 0.389. The number of hydrogen-bond acceptors (Lipinski definition) is 6. The number of nitrogens with zero attached hydrogens (tertiary/aromatic N) is 3. The molecule has 1 N–H and O–H groups in total. The Morgan fingerprint density at radius 2 is 1.77 bits per heavy atom. The van der Waals surface area contributed by atoms with Crippen LogP contribution < -0.4 is 5.56 Å². The van der Waals surface area contributed by atoms with Crippen LogP contribution in [0.3, 0.4) is 0 Å². The molecular weight excluding hydrogens is 451 g/mol. The fourth-order valence-corrected chi connectivity index (χ4v) is 3.67. The summed E-state index contributed by atoms with van der Waals surface area (Å²) in [5, 5.41) is 7.98. The van der Waals surface area contributed by atoms with E-state index in [1.54, 1.807) is 29.2 Å². The first-order valence-electron chi connectivity index (χ1n) is 11.4. The van der Waals surface area contributed by atoms with Gasteiger partial charge in [0.1, 0.15) is 11.4 Å². The second-order valence-corrected chi connectivity index (χ2v) is 9.46. The molecule has 2 heterocycles. The van der Waals surface area contributed by atoms with Gasteiger partial charge in [0.05, 0.1) is 16.6 Å². The highest BCUT2D eigenvalue weighted by Gasteiger charge is 2.23. The maximum atomic E-state index is 14.4. The van der Waals surface area contributed by atoms with Crippen LogP contribution in [0.5, 0.6) is 0 Å². The number of aromatic nitrogens is 2. The quantitative estimate of drug-likeness (QED) is 0.575. The summed E-state index contributed by atoms with van der Waals surface area (Å²) in [4.78, 5) is 38.2. The first-order valence-corrected chi connectivity index (χ1v) is 11.4. The number of likely N-dealkylation sites (N-methyl/N-ethyl adjacent to an activating group) is 1. The summed E-state index contributed by atoms with van der Waals surface area (Å²) in [7, 11) is 2.00. The molecule has 1 aliphatic rings. The number of halogens is 1. The van der Waals surface area contributed by atoms with Crippen LogP contribution >= 0.6 is 0 Å². The first-order chi connectivity index (χ1) is 16.6. The summed E-state index contributed by atoms with van der Waals surface area (Å²) in [6, 6.07) is 11.8. The van der Waals surface area contributed by atoms with Gasteiger partial charge in [-0.3, -0.25) is 14.4 Å². The molecule has 3 aromatic rings. The molecule has 0 saturated carbocycles. The standard InChI is InChI=1S/C21H21FN4O2.C5H10O2/c1-25-8-10-26(11-9-25)21(28)17-12-14(6-7-18(17)22)13-19-15-4-2-3-5-16(15)20(27)24-23-19;1-5(2,3)7-4-6/h2-7,12H,8-11,13H2,1H3,(H,24,27);4H,1-3H3. The van der Waals surface area contributed by atoms with Crippen LogP contribution in [0, 0.1) is 5.82 Å². The van der Waals surface area contributed by atoms with Crippen LogP contribution in [-0.4, -0.2) is 71.2 Å². The number of carbonyl (C=O) groups excluding carboxylic acids is 2. The van der Waals surface area contributed by atoms with Gasteiger partial charge in [-0.1, -0.05) is 24.3 Å². The molecule has 4 rings (SSSR count). The Labute approximate surface area is 203 Å². The average Bonchev–Trinajstić information content (AvgIpc) is 2.82. The molecule has 2 aromatic carbocycles. The lowest BCUT2D eigenvalue weighted by atomic mass is 10.0. The smallest absolute Gasteiger partial charge is 0.293 e. The summed E-state index contributed by atoms with van der Waals surface area (Å²) in [6.45, 7) is 8.65. The zero-order chi connectivity index (χ0) is 25.6. The molecule has 0 bridgehead atoms. The van der Waals surface area contributed by atoms with Gasteiger partial charge >= 0.3 is 0 Å². The second kappa shape index (κ2) is 11.2. The topological polar surface area (TPSA) is 95.6 Å². The molecule has 1 amide bonds. The lowest BCUT2D eigenvalue weighted by Gasteiger charge is -2.32. The van der Waals surface area contributed by atoms with Gasteiger partial charge in [-0.15, -0.1) is 0 Å². The van der Waals surface area contributed by atoms with Gasteiger partial charge < -0.3 is 14.5 Å². The summed E-state index contributed by atoms with van der Waals surface area (Å²) in [5.41, 5.74) is 0.963. The number of rotatable bonds is 4. The minimum atomic E-state index is -0.521. The van der Waals surface area contributed by atoms with E-state index in [0.29, 0.717) is 37.1 Å². The predicted molar refractivity (Wildman–Crippen MR) is 132 cm³/mol. The Bertz CT molecular complexity index is 1240. The van der Waals surface area contributed by atoms with E-state index in [4.69, 9.17) is 0 Å². The van der Waals surface area contributed by atoms with E-state index in [0.717, 1.165) is 24.0 Å². The lowest BCUT2D eigenvalue weighted by molar-refractivity contribution is -0.138. The van der Waals surface area contributed by atoms with Crippen LogP contribution in [0.2, 0.25) is 0 Å². The van der Waals surface area contributed by atoms with Crippen molar-refractivity contribution < 1.29 is 18.7 Å². The van der Waals surface area contributed by atoms with Crippen molar-refractivity contribution in [3.8, 4) is 0 Å². The van der Waals surface area contributed by atoms with Gasteiger partial charge in [0, 0.05) is 38.0 Å². The molecular formula is C26H31FN4O4. The minimum absolute atomic E-state index is 0.0794. The number of fused-ring (bicyclic) bond motifs is 1. The molecule has 1 fully saturated rings. The highest BCUT2D eigenvalue weighted by Crippen LogP contribution is 2.20. The van der Waals surface area contributed by atoms with Gasteiger partial charge in [0.25, 0.3) is 17.9 Å². The third-order valence-electron chi connectivity index (χ3n) is 5.60. The molecule has 0 radical (unpaired) electrons. The maximum Gasteiger partial charge on any atom is 0.293 e. The number of amides is 1. The number of hydrogen-bond donors (Lipinski definition) is 1. The molecule has 1 aliphatic heterocycles. The zero-order valence-electron chi connectivity index (χ0n) is 20.5. The predicted octanol–water partition coefficient (Wildman–Crippen LogP) is 3.00. The van der Waals surface area contributed by atoms with E-state index in [-0.39, 0.29) is 22.6 Å². The number of piperazine rings is 1. The number of nitrogens with one attached hydrogen (secondary N) is 1. The Morgan fingerprint density at radius 3 is 2.37 bits per heavy atom. The van der Waals surface area contributed by atoms with Crippen LogP contribution in [-0.2, 0) is 16.0 Å². The SMILES string of the molecule is CC(C)(C)OC=O.CN1CCN(C(=O)c2cc(Cc3n[nH]c(=O)c4ccccc34)ccc2F)CC1. The molecule has 9 heteroatoms. The lowest BCUT2D eigenvalue weighted by Crippen LogP contribution is -2.47. The van der Waals surface area contributed by atoms with Crippen molar-refractivity contribution in [3.05, 3.63) is 75.5 Å². The van der Waals surface area contributed by atoms with Crippen LogP contribution in [0.15, 0.2) is 47.3 Å². The normalized spacial score (nSPS) is 14.3. The number of H-pyrrole nitrogens is 1. The van der Waals surface area contributed by atoms with Crippen molar-refractivity contribution >= 4 is 23.2 Å². The van der Waals surface area contributed by atoms with Crippen LogP contribution in [0.1, 0.15) is 42.4 Å². The fraction of sp³-hybridized carbons (Fsp3) is 0.385. The molecule has 0 atom stereocenters. The van der Waals surface area contributed by atoms with Crippen molar-refractivity contribution in [2.75, 3.05) is 33.2 Å². The minimum Gasteiger partial charge on any atom is -0.462 e. The summed E-state index contributed by atoms with van der Waals surface area (Å²) < 4.78 is 18.9. The molecule has 1 saturated heterocycles. The molecule has 35 heavy (non-hydrogen) atoms. The number of aromatic amines is 1. The number of carbonyl (C=O) groups is 2. The van der Waals surface area contributed by atoms with Crippen molar-refractivity contribution in [2.45, 2.75) is 32.8 Å². The molecule has 0 aliphatic carbocycles. The van der Waals surface area contributed by atoms with Gasteiger partial charge in [-0.25, -0.2) is 9.49 Å². The Balaban J connectivity index is 0.000000429. The monoisotopic (exact) mass is 482 g/mol.